The van der Waals surface area contributed by atoms with E-state index in [2.05, 4.69) is 13.8 Å². The molecule has 2 unspecified atom stereocenters. The first-order valence-electron chi connectivity index (χ1n) is 18.6. The van der Waals surface area contributed by atoms with E-state index in [9.17, 15) is 19.0 Å². The van der Waals surface area contributed by atoms with Crippen LogP contribution in [0.3, 0.4) is 0 Å². The van der Waals surface area contributed by atoms with Crippen molar-refractivity contribution in [1.29, 1.82) is 0 Å². The largest absolute Gasteiger partial charge is 0.462 e. The minimum absolute atomic E-state index is 0.00541. The lowest BCUT2D eigenvalue weighted by molar-refractivity contribution is -0.867. The molecule has 0 aliphatic rings. The molecule has 0 spiro atoms. The Kier molecular flexibility index (Phi) is 28.6. The standard InChI is InChI=1S/C36H72NO7P/c1-6-8-10-12-14-16-18-20-22-24-26-28-35(38)42-32-34(33-43-45(40,41)31-30-37(3,4)5)44-36(39)29-27-25-23-21-19-17-15-13-11-9-7-2/h34H,6-33H2,1-5H3/p+1. The molecule has 0 radical (unpaired) electrons. The van der Waals surface area contributed by atoms with E-state index in [-0.39, 0.29) is 37.7 Å². The van der Waals surface area contributed by atoms with E-state index in [0.717, 1.165) is 38.5 Å². The first kappa shape index (κ1) is 44.0. The maximum Gasteiger partial charge on any atom is 0.333 e. The summed E-state index contributed by atoms with van der Waals surface area (Å²) in [6.07, 6.45) is 26.1. The molecule has 0 bridgehead atoms. The Morgan fingerprint density at radius 3 is 1.38 bits per heavy atom. The molecule has 0 aromatic heterocycles. The molecule has 0 rings (SSSR count). The van der Waals surface area contributed by atoms with Crippen molar-refractivity contribution in [3.63, 3.8) is 0 Å². The number of carbonyl (C=O) groups excluding carboxylic acids is 2. The molecule has 268 valence electrons. The van der Waals surface area contributed by atoms with Gasteiger partial charge in [-0.25, -0.2) is 0 Å². The number of carbonyl (C=O) groups is 2. The van der Waals surface area contributed by atoms with Crippen molar-refractivity contribution in [3.05, 3.63) is 0 Å². The van der Waals surface area contributed by atoms with Crippen molar-refractivity contribution >= 4 is 19.5 Å². The summed E-state index contributed by atoms with van der Waals surface area (Å²) in [6, 6.07) is 0. The SMILES string of the molecule is CCCCCCCCCCCCCC(=O)OCC(COP(=O)(O)CC[N+](C)(C)C)OC(=O)CCCCCCCCCCCCC. The lowest BCUT2D eigenvalue weighted by atomic mass is 10.1. The molecule has 9 heteroatoms. The monoisotopic (exact) mass is 663 g/mol. The van der Waals surface area contributed by atoms with Gasteiger partial charge in [-0.3, -0.25) is 14.2 Å². The van der Waals surface area contributed by atoms with E-state index < -0.39 is 13.7 Å². The van der Waals surface area contributed by atoms with Gasteiger partial charge in [0, 0.05) is 12.8 Å². The average molecular weight is 663 g/mol. The summed E-state index contributed by atoms with van der Waals surface area (Å²) in [7, 11) is 1.95. The minimum Gasteiger partial charge on any atom is -0.462 e. The van der Waals surface area contributed by atoms with Gasteiger partial charge in [0.2, 0.25) is 0 Å². The fraction of sp³-hybridized carbons (Fsp3) is 0.944. The molecule has 0 aliphatic carbocycles. The Morgan fingerprint density at radius 1 is 0.600 bits per heavy atom. The summed E-state index contributed by atoms with van der Waals surface area (Å²) in [5.41, 5.74) is 0. The molecule has 0 heterocycles. The highest BCUT2D eigenvalue weighted by Gasteiger charge is 2.27. The third-order valence-corrected chi connectivity index (χ3v) is 9.53. The summed E-state index contributed by atoms with van der Waals surface area (Å²) in [5.74, 6) is -0.727. The molecular formula is C36H73NO7P+. The van der Waals surface area contributed by atoms with E-state index >= 15 is 0 Å². The Balaban J connectivity index is 4.40. The molecule has 0 saturated heterocycles. The third kappa shape index (κ3) is 32.8. The van der Waals surface area contributed by atoms with Crippen LogP contribution in [-0.2, 0) is 28.2 Å². The summed E-state index contributed by atoms with van der Waals surface area (Å²) in [4.78, 5) is 35.3. The van der Waals surface area contributed by atoms with Crippen molar-refractivity contribution in [2.75, 3.05) is 47.1 Å². The zero-order valence-corrected chi connectivity index (χ0v) is 31.1. The van der Waals surface area contributed by atoms with Gasteiger partial charge in [-0.15, -0.1) is 0 Å². The zero-order chi connectivity index (χ0) is 33.7. The maximum atomic E-state index is 12.6. The van der Waals surface area contributed by atoms with Gasteiger partial charge in [0.05, 0.1) is 40.5 Å². The van der Waals surface area contributed by atoms with Crippen molar-refractivity contribution in [1.82, 2.24) is 0 Å². The molecule has 8 nitrogen and oxygen atoms in total. The molecule has 2 atom stereocenters. The second-order valence-electron chi connectivity index (χ2n) is 14.0. The molecule has 0 aromatic carbocycles. The van der Waals surface area contributed by atoms with Gasteiger partial charge in [-0.1, -0.05) is 142 Å². The summed E-state index contributed by atoms with van der Waals surface area (Å²) in [6.45, 7) is 4.49. The zero-order valence-electron chi connectivity index (χ0n) is 30.2. The second-order valence-corrected chi connectivity index (χ2v) is 16.0. The molecular weight excluding hydrogens is 589 g/mol. The predicted octanol–water partition coefficient (Wildman–Crippen LogP) is 9.75. The van der Waals surface area contributed by atoms with E-state index in [4.69, 9.17) is 14.0 Å². The Hall–Kier alpha value is -0.950. The maximum absolute atomic E-state index is 12.6. The molecule has 0 fully saturated rings. The van der Waals surface area contributed by atoms with Crippen LogP contribution in [0, 0.1) is 0 Å². The molecule has 0 aliphatic heterocycles. The van der Waals surface area contributed by atoms with Crippen molar-refractivity contribution in [3.8, 4) is 0 Å². The van der Waals surface area contributed by atoms with E-state index in [1.54, 1.807) is 0 Å². The molecule has 0 saturated carbocycles. The highest BCUT2D eigenvalue weighted by atomic mass is 31.2. The number of esters is 2. The molecule has 1 N–H and O–H groups in total. The number of hydrogen-bond acceptors (Lipinski definition) is 6. The van der Waals surface area contributed by atoms with Gasteiger partial charge >= 0.3 is 19.5 Å². The smallest absolute Gasteiger partial charge is 0.333 e. The number of ether oxygens (including phenoxy) is 2. The number of quaternary nitrogens is 1. The van der Waals surface area contributed by atoms with Crippen LogP contribution in [0.1, 0.15) is 168 Å². The van der Waals surface area contributed by atoms with Crippen molar-refractivity contribution in [2.24, 2.45) is 0 Å². The number of hydrogen-bond donors (Lipinski definition) is 1. The highest BCUT2D eigenvalue weighted by Crippen LogP contribution is 2.42. The van der Waals surface area contributed by atoms with Crippen LogP contribution >= 0.6 is 7.60 Å². The van der Waals surface area contributed by atoms with Gasteiger partial charge in [0.15, 0.2) is 6.10 Å². The van der Waals surface area contributed by atoms with Gasteiger partial charge < -0.3 is 23.4 Å². The van der Waals surface area contributed by atoms with Crippen molar-refractivity contribution < 1.29 is 37.5 Å². The first-order valence-corrected chi connectivity index (χ1v) is 20.4. The van der Waals surface area contributed by atoms with E-state index in [0.29, 0.717) is 17.4 Å². The van der Waals surface area contributed by atoms with Crippen molar-refractivity contribution in [2.45, 2.75) is 174 Å². The first-order chi connectivity index (χ1) is 21.5. The van der Waals surface area contributed by atoms with Gasteiger partial charge in [-0.05, 0) is 12.8 Å². The molecule has 0 aromatic rings. The number of unbranched alkanes of at least 4 members (excludes halogenated alkanes) is 20. The van der Waals surface area contributed by atoms with Crippen LogP contribution in [0.25, 0.3) is 0 Å². The number of nitrogens with zero attached hydrogens (tertiary/aromatic N) is 1. The predicted molar refractivity (Wildman–Crippen MR) is 187 cm³/mol. The van der Waals surface area contributed by atoms with Gasteiger partial charge in [-0.2, -0.15) is 0 Å². The van der Waals surface area contributed by atoms with Crippen LogP contribution in [0.5, 0.6) is 0 Å². The minimum atomic E-state index is -3.87. The molecule has 0 amide bonds. The normalized spacial score (nSPS) is 13.8. The lowest BCUT2D eigenvalue weighted by Gasteiger charge is -2.25. The van der Waals surface area contributed by atoms with E-state index in [1.165, 1.54) is 103 Å². The Bertz CT molecular complexity index is 756. The summed E-state index contributed by atoms with van der Waals surface area (Å²) < 4.78 is 29.4. The van der Waals surface area contributed by atoms with E-state index in [1.807, 2.05) is 21.1 Å². The van der Waals surface area contributed by atoms with Gasteiger partial charge in [0.25, 0.3) is 0 Å². The van der Waals surface area contributed by atoms with Crippen LogP contribution in [-0.4, -0.2) is 74.5 Å². The fourth-order valence-electron chi connectivity index (χ4n) is 5.18. The number of rotatable bonds is 33. The molecule has 45 heavy (non-hydrogen) atoms. The lowest BCUT2D eigenvalue weighted by Crippen LogP contribution is -2.37. The second kappa shape index (κ2) is 29.2. The van der Waals surface area contributed by atoms with Crippen LogP contribution in [0.4, 0.5) is 0 Å². The Labute approximate surface area is 277 Å². The van der Waals surface area contributed by atoms with Gasteiger partial charge in [0.1, 0.15) is 6.61 Å². The highest BCUT2D eigenvalue weighted by molar-refractivity contribution is 7.52. The third-order valence-electron chi connectivity index (χ3n) is 8.21. The Morgan fingerprint density at radius 2 is 0.978 bits per heavy atom. The summed E-state index contributed by atoms with van der Waals surface area (Å²) >= 11 is 0. The van der Waals surface area contributed by atoms with Crippen LogP contribution < -0.4 is 0 Å². The fourth-order valence-corrected chi connectivity index (χ4v) is 6.56. The topological polar surface area (TPSA) is 99.1 Å². The average Bonchev–Trinajstić information content (AvgIpc) is 2.98. The van der Waals surface area contributed by atoms with Crippen LogP contribution in [0.15, 0.2) is 0 Å². The quantitative estimate of drug-likeness (QED) is 0.0323. The van der Waals surface area contributed by atoms with Crippen LogP contribution in [0.2, 0.25) is 0 Å². The summed E-state index contributed by atoms with van der Waals surface area (Å²) in [5, 5.41) is 0.